The Morgan fingerprint density at radius 2 is 2.33 bits per heavy atom. The molecular weight excluding hydrogens is 252 g/mol. The van der Waals surface area contributed by atoms with Crippen molar-refractivity contribution in [3.63, 3.8) is 0 Å². The molecule has 2 aliphatic heterocycles. The predicted molar refractivity (Wildman–Crippen MR) is 70.6 cm³/mol. The summed E-state index contributed by atoms with van der Waals surface area (Å²) in [5.41, 5.74) is 2.01. The second-order valence-corrected chi connectivity index (χ2v) is 6.02. The molecule has 18 heavy (non-hydrogen) atoms. The Kier molecular flexibility index (Phi) is 3.84. The number of thioether (sulfide) groups is 1. The van der Waals surface area contributed by atoms with Crippen LogP contribution in [0.2, 0.25) is 0 Å². The number of hydrazine groups is 1. The largest absolute Gasteiger partial charge is 0.327 e. The summed E-state index contributed by atoms with van der Waals surface area (Å²) in [6, 6.07) is 0. The lowest BCUT2D eigenvalue weighted by molar-refractivity contribution is -0.135. The van der Waals surface area contributed by atoms with Crippen LogP contribution in [-0.2, 0) is 9.59 Å². The fourth-order valence-electron chi connectivity index (χ4n) is 2.73. The molecule has 2 rings (SSSR count). The fraction of sp³-hybridized carbons (Fsp3) is 0.818. The maximum absolute atomic E-state index is 11.8. The number of fused-ring (bicyclic) bond motifs is 1. The molecule has 6 nitrogen and oxygen atoms in total. The van der Waals surface area contributed by atoms with E-state index in [-0.39, 0.29) is 22.7 Å². The summed E-state index contributed by atoms with van der Waals surface area (Å²) in [5.74, 6) is 5.74. The van der Waals surface area contributed by atoms with E-state index in [9.17, 15) is 9.59 Å². The van der Waals surface area contributed by atoms with Crippen molar-refractivity contribution in [3.8, 4) is 0 Å². The van der Waals surface area contributed by atoms with Crippen LogP contribution >= 0.6 is 11.8 Å². The fourth-order valence-corrected chi connectivity index (χ4v) is 4.27. The highest BCUT2D eigenvalue weighted by Gasteiger charge is 2.50. The molecule has 2 amide bonds. The van der Waals surface area contributed by atoms with Crippen LogP contribution in [0.25, 0.3) is 0 Å². The number of amides is 2. The van der Waals surface area contributed by atoms with Crippen molar-refractivity contribution in [2.45, 2.75) is 31.2 Å². The zero-order valence-electron chi connectivity index (χ0n) is 10.8. The second-order valence-electron chi connectivity index (χ2n) is 4.95. The van der Waals surface area contributed by atoms with Crippen LogP contribution in [0.5, 0.6) is 0 Å². The van der Waals surface area contributed by atoms with Gasteiger partial charge in [-0.3, -0.25) is 19.9 Å². The standard InChI is InChI=1S/C11H20N4O2S/c1-3-11(2)10-15(9(17)7-18-10)5-4-14(11)6-8(16)13-12/h10H,3-7,12H2,1-2H3,(H,13,16)/t10-,11+/m1/s1. The highest BCUT2D eigenvalue weighted by Crippen LogP contribution is 2.41. The summed E-state index contributed by atoms with van der Waals surface area (Å²) in [7, 11) is 0. The van der Waals surface area contributed by atoms with E-state index in [1.165, 1.54) is 0 Å². The maximum Gasteiger partial charge on any atom is 0.248 e. The van der Waals surface area contributed by atoms with E-state index in [2.05, 4.69) is 24.2 Å². The van der Waals surface area contributed by atoms with Gasteiger partial charge in [-0.1, -0.05) is 6.92 Å². The minimum atomic E-state index is -0.183. The van der Waals surface area contributed by atoms with Gasteiger partial charge in [0, 0.05) is 18.6 Å². The molecule has 0 saturated carbocycles. The predicted octanol–water partition coefficient (Wildman–Crippen LogP) is -0.638. The van der Waals surface area contributed by atoms with E-state index in [1.807, 2.05) is 4.90 Å². The van der Waals surface area contributed by atoms with E-state index in [1.54, 1.807) is 11.8 Å². The molecule has 2 saturated heterocycles. The first-order chi connectivity index (χ1) is 8.52. The van der Waals surface area contributed by atoms with Gasteiger partial charge in [-0.05, 0) is 13.3 Å². The number of nitrogens with one attached hydrogen (secondary N) is 1. The summed E-state index contributed by atoms with van der Waals surface area (Å²) in [4.78, 5) is 27.3. The molecule has 0 unspecified atom stereocenters. The summed E-state index contributed by atoms with van der Waals surface area (Å²) in [5, 5.41) is 0.148. The van der Waals surface area contributed by atoms with Crippen LogP contribution in [0.4, 0.5) is 0 Å². The van der Waals surface area contributed by atoms with E-state index < -0.39 is 0 Å². The van der Waals surface area contributed by atoms with Gasteiger partial charge < -0.3 is 4.90 Å². The van der Waals surface area contributed by atoms with Crippen molar-refractivity contribution in [3.05, 3.63) is 0 Å². The van der Waals surface area contributed by atoms with Crippen molar-refractivity contribution < 1.29 is 9.59 Å². The van der Waals surface area contributed by atoms with Crippen LogP contribution in [0.3, 0.4) is 0 Å². The molecule has 0 aliphatic carbocycles. The zero-order valence-corrected chi connectivity index (χ0v) is 11.6. The molecule has 102 valence electrons. The van der Waals surface area contributed by atoms with Crippen molar-refractivity contribution in [1.29, 1.82) is 0 Å². The lowest BCUT2D eigenvalue weighted by Crippen LogP contribution is -2.65. The van der Waals surface area contributed by atoms with Crippen LogP contribution in [0.15, 0.2) is 0 Å². The summed E-state index contributed by atoms with van der Waals surface area (Å²) >= 11 is 1.68. The van der Waals surface area contributed by atoms with E-state index in [0.29, 0.717) is 18.8 Å². The molecule has 2 aliphatic rings. The smallest absolute Gasteiger partial charge is 0.248 e. The highest BCUT2D eigenvalue weighted by molar-refractivity contribution is 8.01. The third kappa shape index (κ3) is 2.10. The highest BCUT2D eigenvalue weighted by atomic mass is 32.2. The number of hydrogen-bond donors (Lipinski definition) is 2. The lowest BCUT2D eigenvalue weighted by Gasteiger charge is -2.51. The van der Waals surface area contributed by atoms with Gasteiger partial charge in [0.1, 0.15) is 0 Å². The first-order valence-electron chi connectivity index (χ1n) is 6.18. The lowest BCUT2D eigenvalue weighted by atomic mass is 9.92. The molecule has 0 aromatic rings. The Balaban J connectivity index is 2.18. The number of carbonyl (C=O) groups is 2. The third-order valence-corrected chi connectivity index (χ3v) is 5.54. The Morgan fingerprint density at radius 1 is 1.61 bits per heavy atom. The van der Waals surface area contributed by atoms with Gasteiger partial charge in [-0.15, -0.1) is 11.8 Å². The second kappa shape index (κ2) is 5.07. The summed E-state index contributed by atoms with van der Waals surface area (Å²) in [6.45, 7) is 5.93. The van der Waals surface area contributed by atoms with Crippen molar-refractivity contribution in [1.82, 2.24) is 15.2 Å². The molecule has 2 heterocycles. The van der Waals surface area contributed by atoms with Crippen LogP contribution in [0, 0.1) is 0 Å². The van der Waals surface area contributed by atoms with E-state index >= 15 is 0 Å². The Morgan fingerprint density at radius 3 is 2.94 bits per heavy atom. The van der Waals surface area contributed by atoms with Gasteiger partial charge in [0.2, 0.25) is 11.8 Å². The Bertz CT molecular complexity index is 365. The number of piperazine rings is 1. The molecule has 2 fully saturated rings. The van der Waals surface area contributed by atoms with Gasteiger partial charge in [0.15, 0.2) is 0 Å². The van der Waals surface area contributed by atoms with Gasteiger partial charge in [-0.25, -0.2) is 5.84 Å². The molecule has 0 aromatic heterocycles. The number of carbonyl (C=O) groups excluding carboxylic acids is 2. The summed E-state index contributed by atoms with van der Waals surface area (Å²) in [6.07, 6.45) is 0.895. The first kappa shape index (κ1) is 13.6. The zero-order chi connectivity index (χ0) is 13.3. The Labute approximate surface area is 111 Å². The quantitative estimate of drug-likeness (QED) is 0.406. The molecular formula is C11H20N4O2S. The minimum Gasteiger partial charge on any atom is -0.327 e. The van der Waals surface area contributed by atoms with Gasteiger partial charge in [0.05, 0.1) is 17.7 Å². The number of nitrogens with zero attached hydrogens (tertiary/aromatic N) is 2. The number of hydrogen-bond acceptors (Lipinski definition) is 5. The molecule has 2 atom stereocenters. The number of rotatable bonds is 3. The molecule has 0 radical (unpaired) electrons. The minimum absolute atomic E-state index is 0.148. The van der Waals surface area contributed by atoms with Gasteiger partial charge >= 0.3 is 0 Å². The van der Waals surface area contributed by atoms with Gasteiger partial charge in [-0.2, -0.15) is 0 Å². The molecule has 0 spiro atoms. The summed E-state index contributed by atoms with van der Waals surface area (Å²) < 4.78 is 0. The monoisotopic (exact) mass is 272 g/mol. The van der Waals surface area contributed by atoms with Crippen molar-refractivity contribution >= 4 is 23.6 Å². The van der Waals surface area contributed by atoms with Gasteiger partial charge in [0.25, 0.3) is 0 Å². The van der Waals surface area contributed by atoms with Crippen molar-refractivity contribution in [2.24, 2.45) is 5.84 Å². The van der Waals surface area contributed by atoms with Crippen LogP contribution in [0.1, 0.15) is 20.3 Å². The topological polar surface area (TPSA) is 78.7 Å². The first-order valence-corrected chi connectivity index (χ1v) is 7.23. The maximum atomic E-state index is 11.8. The molecule has 3 N–H and O–H groups in total. The van der Waals surface area contributed by atoms with Crippen molar-refractivity contribution in [2.75, 3.05) is 25.4 Å². The van der Waals surface area contributed by atoms with E-state index in [0.717, 1.165) is 13.0 Å². The van der Waals surface area contributed by atoms with E-state index in [4.69, 9.17) is 5.84 Å². The normalized spacial score (nSPS) is 32.5. The van der Waals surface area contributed by atoms with Crippen LogP contribution in [-0.4, -0.2) is 57.9 Å². The third-order valence-electron chi connectivity index (χ3n) is 4.04. The molecule has 0 aromatic carbocycles. The molecule has 0 bridgehead atoms. The Hall–Kier alpha value is -0.790. The average molecular weight is 272 g/mol. The molecule has 7 heteroatoms. The number of nitrogens with two attached hydrogens (primary N) is 1. The average Bonchev–Trinajstić information content (AvgIpc) is 2.75. The SMILES string of the molecule is CC[C@@]1(C)[C@H]2SCC(=O)N2CCN1CC(=O)NN. The van der Waals surface area contributed by atoms with Crippen LogP contribution < -0.4 is 11.3 Å².